The Bertz CT molecular complexity index is 1020. The third-order valence-electron chi connectivity index (χ3n) is 5.27. The quantitative estimate of drug-likeness (QED) is 0.699. The van der Waals surface area contributed by atoms with Gasteiger partial charge in [-0.1, -0.05) is 41.9 Å². The second-order valence-electron chi connectivity index (χ2n) is 7.68. The maximum absolute atomic E-state index is 12.2. The van der Waals surface area contributed by atoms with Gasteiger partial charge >= 0.3 is 0 Å². The molecule has 1 saturated carbocycles. The summed E-state index contributed by atoms with van der Waals surface area (Å²) in [5.74, 6) is 1.52. The summed E-state index contributed by atoms with van der Waals surface area (Å²) in [6.07, 6.45) is 2.12. The van der Waals surface area contributed by atoms with E-state index in [0.717, 1.165) is 24.2 Å². The lowest BCUT2D eigenvalue weighted by atomic mass is 9.95. The third-order valence-corrected chi connectivity index (χ3v) is 5.58. The lowest BCUT2D eigenvalue weighted by Crippen LogP contribution is -2.30. The third kappa shape index (κ3) is 3.20. The number of hydrogen-bond donors (Lipinski definition) is 1. The van der Waals surface area contributed by atoms with E-state index in [9.17, 15) is 4.79 Å². The number of carbonyl (C=O) groups excluding carboxylic acids is 1. The molecule has 1 N–H and O–H groups in total. The average Bonchev–Trinajstić information content (AvgIpc) is 3.39. The van der Waals surface area contributed by atoms with E-state index >= 15 is 0 Å². The Morgan fingerprint density at radius 1 is 1.14 bits per heavy atom. The molecule has 5 nitrogen and oxygen atoms in total. The minimum Gasteiger partial charge on any atom is -0.350 e. The Labute approximate surface area is 169 Å². The van der Waals surface area contributed by atoms with Crippen molar-refractivity contribution >= 4 is 17.5 Å². The first kappa shape index (κ1) is 18.7. The molecule has 0 radical (unpaired) electrons. The number of nitrogens with zero attached hydrogens (tertiary/aromatic N) is 3. The van der Waals surface area contributed by atoms with E-state index in [1.54, 1.807) is 12.1 Å². The predicted octanol–water partition coefficient (Wildman–Crippen LogP) is 4.35. The van der Waals surface area contributed by atoms with Gasteiger partial charge in [0.1, 0.15) is 5.82 Å². The van der Waals surface area contributed by atoms with Gasteiger partial charge in [-0.25, -0.2) is 0 Å². The Hall–Kier alpha value is -2.66. The molecule has 1 fully saturated rings. The predicted molar refractivity (Wildman–Crippen MR) is 111 cm³/mol. The lowest BCUT2D eigenvalue weighted by molar-refractivity contribution is 0.0943. The summed E-state index contributed by atoms with van der Waals surface area (Å²) in [4.78, 5) is 12.2. The van der Waals surface area contributed by atoms with Crippen LogP contribution in [0.2, 0.25) is 5.02 Å². The van der Waals surface area contributed by atoms with Crippen LogP contribution in [-0.2, 0) is 12.5 Å². The molecule has 1 aliphatic carbocycles. The SMILES string of the molecule is CC(C)NC(=O)c1ccc(-c2nnc(C3(c4ccccc4)CC3)n2C)c(Cl)c1. The van der Waals surface area contributed by atoms with E-state index in [-0.39, 0.29) is 17.4 Å². The number of carbonyl (C=O) groups is 1. The molecule has 1 aromatic heterocycles. The minimum absolute atomic E-state index is 0.0647. The van der Waals surface area contributed by atoms with Crippen LogP contribution in [0.5, 0.6) is 0 Å². The number of halogens is 1. The summed E-state index contributed by atoms with van der Waals surface area (Å²) < 4.78 is 2.02. The van der Waals surface area contributed by atoms with Crippen molar-refractivity contribution in [1.82, 2.24) is 20.1 Å². The number of nitrogens with one attached hydrogen (secondary N) is 1. The second-order valence-corrected chi connectivity index (χ2v) is 8.08. The van der Waals surface area contributed by atoms with Gasteiger partial charge in [0.05, 0.1) is 10.4 Å². The van der Waals surface area contributed by atoms with Crippen LogP contribution >= 0.6 is 11.6 Å². The van der Waals surface area contributed by atoms with E-state index in [1.165, 1.54) is 5.56 Å². The van der Waals surface area contributed by atoms with Crippen molar-refractivity contribution in [1.29, 1.82) is 0 Å². The van der Waals surface area contributed by atoms with Crippen LogP contribution in [0.15, 0.2) is 48.5 Å². The summed E-state index contributed by atoms with van der Waals surface area (Å²) in [6, 6.07) is 15.8. The van der Waals surface area contributed by atoms with Gasteiger partial charge in [-0.15, -0.1) is 10.2 Å². The molecule has 4 rings (SSSR count). The van der Waals surface area contributed by atoms with Gasteiger partial charge in [-0.05, 0) is 50.5 Å². The van der Waals surface area contributed by atoms with Crippen LogP contribution in [0.1, 0.15) is 48.4 Å². The first-order valence-electron chi connectivity index (χ1n) is 9.48. The van der Waals surface area contributed by atoms with Gasteiger partial charge in [0, 0.05) is 24.2 Å². The molecule has 0 spiro atoms. The van der Waals surface area contributed by atoms with Crippen LogP contribution in [0.25, 0.3) is 11.4 Å². The highest BCUT2D eigenvalue weighted by atomic mass is 35.5. The normalized spacial score (nSPS) is 14.9. The van der Waals surface area contributed by atoms with Crippen LogP contribution in [0.4, 0.5) is 0 Å². The lowest BCUT2D eigenvalue weighted by Gasteiger charge is -2.15. The molecule has 1 aliphatic rings. The van der Waals surface area contributed by atoms with Gasteiger partial charge in [0.2, 0.25) is 0 Å². The fourth-order valence-corrected chi connectivity index (χ4v) is 3.95. The fraction of sp³-hybridized carbons (Fsp3) is 0.318. The van der Waals surface area contributed by atoms with Crippen molar-refractivity contribution in [3.05, 3.63) is 70.5 Å². The monoisotopic (exact) mass is 394 g/mol. The second kappa shape index (κ2) is 7.06. The van der Waals surface area contributed by atoms with Crippen LogP contribution < -0.4 is 5.32 Å². The molecule has 0 bridgehead atoms. The highest BCUT2D eigenvalue weighted by Gasteiger charge is 2.49. The maximum atomic E-state index is 12.2. The van der Waals surface area contributed by atoms with Gasteiger partial charge < -0.3 is 9.88 Å². The zero-order valence-electron chi connectivity index (χ0n) is 16.2. The standard InChI is InChI=1S/C22H23ClN4O/c1-14(2)24-20(28)15-9-10-17(18(23)13-15)19-25-26-21(27(19)3)22(11-12-22)16-7-5-4-6-8-16/h4-10,13-14H,11-12H2,1-3H3,(H,24,28). The molecular formula is C22H23ClN4O. The zero-order chi connectivity index (χ0) is 19.9. The Balaban J connectivity index is 1.68. The van der Waals surface area contributed by atoms with Crippen molar-refractivity contribution in [2.24, 2.45) is 7.05 Å². The molecule has 0 atom stereocenters. The van der Waals surface area contributed by atoms with Crippen molar-refractivity contribution in [2.45, 2.75) is 38.1 Å². The fourth-order valence-electron chi connectivity index (χ4n) is 3.69. The summed E-state index contributed by atoms with van der Waals surface area (Å²) in [6.45, 7) is 3.85. The average molecular weight is 395 g/mol. The van der Waals surface area contributed by atoms with Crippen molar-refractivity contribution in [3.8, 4) is 11.4 Å². The Morgan fingerprint density at radius 3 is 2.46 bits per heavy atom. The molecule has 1 amide bonds. The van der Waals surface area contributed by atoms with E-state index in [1.807, 2.05) is 37.6 Å². The molecular weight excluding hydrogens is 372 g/mol. The van der Waals surface area contributed by atoms with Gasteiger partial charge in [0.15, 0.2) is 5.82 Å². The van der Waals surface area contributed by atoms with Gasteiger partial charge in [-0.2, -0.15) is 0 Å². The van der Waals surface area contributed by atoms with E-state index < -0.39 is 0 Å². The summed E-state index contributed by atoms with van der Waals surface area (Å²) >= 11 is 6.51. The minimum atomic E-state index is -0.136. The maximum Gasteiger partial charge on any atom is 0.251 e. The van der Waals surface area contributed by atoms with Crippen molar-refractivity contribution < 1.29 is 4.79 Å². The highest BCUT2D eigenvalue weighted by molar-refractivity contribution is 6.33. The molecule has 2 aromatic carbocycles. The number of amides is 1. The zero-order valence-corrected chi connectivity index (χ0v) is 17.0. The largest absolute Gasteiger partial charge is 0.350 e. The van der Waals surface area contributed by atoms with Crippen molar-refractivity contribution in [3.63, 3.8) is 0 Å². The van der Waals surface area contributed by atoms with Crippen LogP contribution in [-0.4, -0.2) is 26.7 Å². The Morgan fingerprint density at radius 2 is 1.86 bits per heavy atom. The summed E-state index contributed by atoms with van der Waals surface area (Å²) in [7, 11) is 1.98. The molecule has 0 unspecified atom stereocenters. The summed E-state index contributed by atoms with van der Waals surface area (Å²) in [5, 5.41) is 12.3. The van der Waals surface area contributed by atoms with E-state index in [0.29, 0.717) is 16.4 Å². The molecule has 144 valence electrons. The van der Waals surface area contributed by atoms with Crippen LogP contribution in [0, 0.1) is 0 Å². The van der Waals surface area contributed by atoms with Crippen molar-refractivity contribution in [2.75, 3.05) is 0 Å². The van der Waals surface area contributed by atoms with E-state index in [2.05, 4.69) is 39.8 Å². The number of aromatic nitrogens is 3. The number of benzene rings is 2. The van der Waals surface area contributed by atoms with Gasteiger partial charge in [0.25, 0.3) is 5.91 Å². The van der Waals surface area contributed by atoms with Gasteiger partial charge in [-0.3, -0.25) is 4.79 Å². The summed E-state index contributed by atoms with van der Waals surface area (Å²) in [5.41, 5.74) is 2.51. The van der Waals surface area contributed by atoms with Crippen LogP contribution in [0.3, 0.4) is 0 Å². The molecule has 1 heterocycles. The molecule has 6 heteroatoms. The Kier molecular flexibility index (Phi) is 4.71. The number of hydrogen-bond acceptors (Lipinski definition) is 3. The smallest absolute Gasteiger partial charge is 0.251 e. The molecule has 3 aromatic rings. The topological polar surface area (TPSA) is 59.8 Å². The molecule has 28 heavy (non-hydrogen) atoms. The highest BCUT2D eigenvalue weighted by Crippen LogP contribution is 2.53. The first-order valence-corrected chi connectivity index (χ1v) is 9.86. The first-order chi connectivity index (χ1) is 13.4. The van der Waals surface area contributed by atoms with E-state index in [4.69, 9.17) is 11.6 Å². The molecule has 0 saturated heterocycles. The molecule has 0 aliphatic heterocycles. The number of rotatable bonds is 5.